The number of hydrogen-bond acceptors (Lipinski definition) is 9. The normalized spacial score (nSPS) is 15.3. The number of benzene rings is 1. The van der Waals surface area contributed by atoms with Crippen LogP contribution in [0.1, 0.15) is 40.5 Å². The topological polar surface area (TPSA) is 132 Å². The van der Waals surface area contributed by atoms with Crippen LogP contribution < -0.4 is 16.0 Å². The van der Waals surface area contributed by atoms with Gasteiger partial charge in [0.25, 0.3) is 0 Å². The summed E-state index contributed by atoms with van der Waals surface area (Å²) >= 11 is 1.27. The maximum atomic E-state index is 12.7. The number of carbonyl (C=O) groups excluding carboxylic acids is 3. The van der Waals surface area contributed by atoms with Gasteiger partial charge in [-0.3, -0.25) is 0 Å². The van der Waals surface area contributed by atoms with Gasteiger partial charge in [0.2, 0.25) is 0 Å². The van der Waals surface area contributed by atoms with E-state index in [1.165, 1.54) is 11.3 Å². The molecule has 0 fully saturated rings. The first-order valence-electron chi connectivity index (χ1n) is 10.9. The molecule has 3 heterocycles. The van der Waals surface area contributed by atoms with Crippen molar-refractivity contribution in [3.8, 4) is 0 Å². The molecule has 3 aromatic rings. The molecule has 1 aliphatic heterocycles. The van der Waals surface area contributed by atoms with Crippen LogP contribution in [0.25, 0.3) is 0 Å². The standard InChI is InChI=1S/C24H24N4O6S/c1-3-32-22(30)19-16(26-23(31)28-20(19)18-10-9-14(2)34-18)12-33-21(29)17-13-35-24(27-17)25-11-15-7-5-4-6-8-15/h4-10,13,20H,3,11-12H2,1-2H3,(H,25,27)(H2,26,28,31). The summed E-state index contributed by atoms with van der Waals surface area (Å²) in [6.45, 7) is 3.75. The third-order valence-electron chi connectivity index (χ3n) is 5.04. The molecule has 10 nitrogen and oxygen atoms in total. The number of furan rings is 1. The highest BCUT2D eigenvalue weighted by atomic mass is 32.1. The lowest BCUT2D eigenvalue weighted by Gasteiger charge is -2.27. The molecule has 1 atom stereocenters. The quantitative estimate of drug-likeness (QED) is 0.382. The van der Waals surface area contributed by atoms with Crippen LogP contribution in [-0.2, 0) is 20.8 Å². The lowest BCUT2D eigenvalue weighted by Crippen LogP contribution is -2.47. The van der Waals surface area contributed by atoms with Crippen LogP contribution in [0.2, 0.25) is 0 Å². The number of esters is 2. The van der Waals surface area contributed by atoms with E-state index in [-0.39, 0.29) is 30.2 Å². The number of ether oxygens (including phenoxy) is 2. The number of urea groups is 1. The Morgan fingerprint density at radius 3 is 2.66 bits per heavy atom. The molecule has 1 unspecified atom stereocenters. The van der Waals surface area contributed by atoms with Crippen molar-refractivity contribution >= 4 is 34.4 Å². The summed E-state index contributed by atoms with van der Waals surface area (Å²) in [5.74, 6) is -0.379. The average Bonchev–Trinajstić information content (AvgIpc) is 3.51. The largest absolute Gasteiger partial charge is 0.464 e. The third kappa shape index (κ3) is 5.87. The van der Waals surface area contributed by atoms with Gasteiger partial charge in [0.15, 0.2) is 10.8 Å². The number of aryl methyl sites for hydroxylation is 1. The van der Waals surface area contributed by atoms with Gasteiger partial charge in [0.05, 0.1) is 17.9 Å². The average molecular weight is 497 g/mol. The summed E-state index contributed by atoms with van der Waals surface area (Å²) in [4.78, 5) is 41.9. The summed E-state index contributed by atoms with van der Waals surface area (Å²) < 4.78 is 16.2. The Morgan fingerprint density at radius 1 is 1.14 bits per heavy atom. The molecule has 1 aliphatic rings. The monoisotopic (exact) mass is 496 g/mol. The molecule has 0 saturated carbocycles. The van der Waals surface area contributed by atoms with Gasteiger partial charge in [0.1, 0.15) is 24.2 Å². The van der Waals surface area contributed by atoms with E-state index in [4.69, 9.17) is 13.9 Å². The van der Waals surface area contributed by atoms with Gasteiger partial charge >= 0.3 is 18.0 Å². The molecule has 11 heteroatoms. The molecule has 2 aromatic heterocycles. The van der Waals surface area contributed by atoms with Crippen molar-refractivity contribution in [1.29, 1.82) is 0 Å². The fraction of sp³-hybridized carbons (Fsp3) is 0.250. The van der Waals surface area contributed by atoms with E-state index in [9.17, 15) is 14.4 Å². The minimum atomic E-state index is -0.890. The van der Waals surface area contributed by atoms with E-state index >= 15 is 0 Å². The Labute approximate surface area is 205 Å². The van der Waals surface area contributed by atoms with Crippen molar-refractivity contribution in [2.45, 2.75) is 26.4 Å². The second-order valence-electron chi connectivity index (χ2n) is 7.55. The van der Waals surface area contributed by atoms with Crippen molar-refractivity contribution in [3.05, 3.63) is 81.9 Å². The second kappa shape index (κ2) is 10.9. The van der Waals surface area contributed by atoms with Crippen molar-refractivity contribution < 1.29 is 28.3 Å². The predicted octanol–water partition coefficient (Wildman–Crippen LogP) is 3.68. The van der Waals surface area contributed by atoms with Crippen molar-refractivity contribution in [2.75, 3.05) is 18.5 Å². The van der Waals surface area contributed by atoms with Crippen LogP contribution in [-0.4, -0.2) is 36.2 Å². The van der Waals surface area contributed by atoms with Crippen LogP contribution in [0.15, 0.2) is 63.5 Å². The minimum absolute atomic E-state index is 0.0945. The smallest absolute Gasteiger partial charge is 0.358 e. The molecule has 1 aromatic carbocycles. The van der Waals surface area contributed by atoms with E-state index in [1.54, 1.807) is 31.4 Å². The Kier molecular flexibility index (Phi) is 7.46. The van der Waals surface area contributed by atoms with Crippen molar-refractivity contribution in [1.82, 2.24) is 15.6 Å². The highest BCUT2D eigenvalue weighted by Crippen LogP contribution is 2.29. The first-order valence-corrected chi connectivity index (χ1v) is 11.8. The molecule has 182 valence electrons. The Morgan fingerprint density at radius 2 is 1.94 bits per heavy atom. The van der Waals surface area contributed by atoms with Gasteiger partial charge in [-0.25, -0.2) is 19.4 Å². The van der Waals surface area contributed by atoms with Crippen molar-refractivity contribution in [3.63, 3.8) is 0 Å². The van der Waals surface area contributed by atoms with E-state index in [0.717, 1.165) is 5.56 Å². The van der Waals surface area contributed by atoms with Crippen LogP contribution in [0.3, 0.4) is 0 Å². The zero-order valence-electron chi connectivity index (χ0n) is 19.1. The number of thiazole rings is 1. The number of amides is 2. The zero-order valence-corrected chi connectivity index (χ0v) is 19.9. The molecule has 3 N–H and O–H groups in total. The number of nitrogens with one attached hydrogen (secondary N) is 3. The number of carbonyl (C=O) groups is 3. The molecule has 0 saturated heterocycles. The fourth-order valence-corrected chi connectivity index (χ4v) is 4.12. The molecule has 0 bridgehead atoms. The van der Waals surface area contributed by atoms with Gasteiger partial charge in [-0.1, -0.05) is 30.3 Å². The van der Waals surface area contributed by atoms with Gasteiger partial charge in [0, 0.05) is 11.9 Å². The number of nitrogens with zero attached hydrogens (tertiary/aromatic N) is 1. The number of anilines is 1. The first-order chi connectivity index (χ1) is 16.9. The Bertz CT molecular complexity index is 1250. The summed E-state index contributed by atoms with van der Waals surface area (Å²) in [6, 6.07) is 11.7. The SMILES string of the molecule is CCOC(=O)C1=C(COC(=O)c2csc(NCc3ccccc3)n2)NC(=O)NC1c1ccc(C)o1. The zero-order chi connectivity index (χ0) is 24.8. The van der Waals surface area contributed by atoms with E-state index in [1.807, 2.05) is 30.3 Å². The maximum absolute atomic E-state index is 12.7. The van der Waals surface area contributed by atoms with Gasteiger partial charge < -0.3 is 29.8 Å². The summed E-state index contributed by atoms with van der Waals surface area (Å²) in [6.07, 6.45) is 0. The Balaban J connectivity index is 1.48. The predicted molar refractivity (Wildman–Crippen MR) is 128 cm³/mol. The van der Waals surface area contributed by atoms with E-state index < -0.39 is 24.0 Å². The number of hydrogen-bond donors (Lipinski definition) is 3. The van der Waals surface area contributed by atoms with E-state index in [0.29, 0.717) is 23.2 Å². The van der Waals surface area contributed by atoms with Gasteiger partial charge in [-0.2, -0.15) is 0 Å². The van der Waals surface area contributed by atoms with Crippen LogP contribution >= 0.6 is 11.3 Å². The van der Waals surface area contributed by atoms with Crippen LogP contribution in [0.4, 0.5) is 9.93 Å². The molecule has 35 heavy (non-hydrogen) atoms. The summed E-state index contributed by atoms with van der Waals surface area (Å²) in [7, 11) is 0. The number of rotatable bonds is 9. The summed E-state index contributed by atoms with van der Waals surface area (Å²) in [5, 5.41) is 10.5. The lowest BCUT2D eigenvalue weighted by atomic mass is 10.0. The number of aromatic nitrogens is 1. The van der Waals surface area contributed by atoms with Crippen molar-refractivity contribution in [2.24, 2.45) is 0 Å². The molecule has 0 aliphatic carbocycles. The minimum Gasteiger partial charge on any atom is -0.464 e. The maximum Gasteiger partial charge on any atom is 0.358 e. The summed E-state index contributed by atoms with van der Waals surface area (Å²) in [5.41, 5.74) is 1.39. The molecule has 0 radical (unpaired) electrons. The highest BCUT2D eigenvalue weighted by molar-refractivity contribution is 7.13. The fourth-order valence-electron chi connectivity index (χ4n) is 3.44. The highest BCUT2D eigenvalue weighted by Gasteiger charge is 2.36. The third-order valence-corrected chi connectivity index (χ3v) is 5.84. The van der Waals surface area contributed by atoms with Crippen LogP contribution in [0.5, 0.6) is 0 Å². The molecular weight excluding hydrogens is 472 g/mol. The first kappa shape index (κ1) is 24.0. The Hall–Kier alpha value is -4.12. The molecule has 2 amide bonds. The van der Waals surface area contributed by atoms with Gasteiger partial charge in [-0.15, -0.1) is 11.3 Å². The lowest BCUT2D eigenvalue weighted by molar-refractivity contribution is -0.139. The second-order valence-corrected chi connectivity index (χ2v) is 8.40. The molecule has 0 spiro atoms. The molecular formula is C24H24N4O6S. The van der Waals surface area contributed by atoms with E-state index in [2.05, 4.69) is 20.9 Å². The van der Waals surface area contributed by atoms with Crippen LogP contribution in [0, 0.1) is 6.92 Å². The van der Waals surface area contributed by atoms with Gasteiger partial charge in [-0.05, 0) is 31.5 Å². The molecule has 4 rings (SSSR count).